The fourth-order valence-corrected chi connectivity index (χ4v) is 4.15. The molecule has 0 bridgehead atoms. The minimum Gasteiger partial charge on any atom is -0.248 e. The van der Waals surface area contributed by atoms with Gasteiger partial charge in [-0.2, -0.15) is 0 Å². The van der Waals surface area contributed by atoms with E-state index in [1.807, 2.05) is 38.1 Å². The molecule has 0 aliphatic rings. The maximum absolute atomic E-state index is 12.9. The Morgan fingerprint density at radius 2 is 1.88 bits per heavy atom. The second kappa shape index (κ2) is 6.33. The van der Waals surface area contributed by atoms with E-state index in [0.29, 0.717) is 17.5 Å². The molecule has 0 aliphatic carbocycles. The number of benzene rings is 2. The standard InChI is InChI=1S/C17H20N4O2S/c1-4-14(13-10-8-12(2)9-11-13)19-24(22,23)16-7-5-6-15-17(16)18-20-21(15)3/h5-11,14,19H,4H2,1-3H3. The second-order valence-corrected chi connectivity index (χ2v) is 7.51. The van der Waals surface area contributed by atoms with Gasteiger partial charge in [-0.15, -0.1) is 5.10 Å². The summed E-state index contributed by atoms with van der Waals surface area (Å²) in [7, 11) is -1.97. The topological polar surface area (TPSA) is 76.9 Å². The lowest BCUT2D eigenvalue weighted by Crippen LogP contribution is -2.28. The third kappa shape index (κ3) is 3.05. The van der Waals surface area contributed by atoms with E-state index in [0.717, 1.165) is 11.1 Å². The first kappa shape index (κ1) is 16.6. The zero-order valence-electron chi connectivity index (χ0n) is 13.9. The number of fused-ring (bicyclic) bond motifs is 1. The number of aryl methyl sites for hydroxylation is 2. The Balaban J connectivity index is 1.98. The van der Waals surface area contributed by atoms with Gasteiger partial charge in [0.1, 0.15) is 10.4 Å². The molecule has 126 valence electrons. The summed E-state index contributed by atoms with van der Waals surface area (Å²) in [6.07, 6.45) is 0.652. The highest BCUT2D eigenvalue weighted by atomic mass is 32.2. The quantitative estimate of drug-likeness (QED) is 0.772. The van der Waals surface area contributed by atoms with E-state index in [9.17, 15) is 8.42 Å². The Labute approximate surface area is 141 Å². The number of sulfonamides is 1. The van der Waals surface area contributed by atoms with Crippen LogP contribution in [0.3, 0.4) is 0 Å². The van der Waals surface area contributed by atoms with Crippen molar-refractivity contribution in [2.75, 3.05) is 0 Å². The fourth-order valence-electron chi connectivity index (χ4n) is 2.69. The van der Waals surface area contributed by atoms with Crippen LogP contribution in [0.2, 0.25) is 0 Å². The van der Waals surface area contributed by atoms with Crippen LogP contribution in [0, 0.1) is 6.92 Å². The molecule has 1 atom stereocenters. The zero-order chi connectivity index (χ0) is 17.3. The van der Waals surface area contributed by atoms with Crippen molar-refractivity contribution >= 4 is 21.1 Å². The average molecular weight is 344 g/mol. The van der Waals surface area contributed by atoms with Crippen molar-refractivity contribution in [3.05, 3.63) is 53.6 Å². The molecule has 0 fully saturated rings. The summed E-state index contributed by atoms with van der Waals surface area (Å²) in [5.41, 5.74) is 3.14. The van der Waals surface area contributed by atoms with Crippen molar-refractivity contribution in [2.45, 2.75) is 31.2 Å². The van der Waals surface area contributed by atoms with E-state index in [-0.39, 0.29) is 10.9 Å². The summed E-state index contributed by atoms with van der Waals surface area (Å²) >= 11 is 0. The van der Waals surface area contributed by atoms with Crippen molar-refractivity contribution in [2.24, 2.45) is 7.05 Å². The molecule has 0 spiro atoms. The fraction of sp³-hybridized carbons (Fsp3) is 0.294. The molecule has 3 aromatic rings. The molecule has 0 saturated carbocycles. The molecule has 2 aromatic carbocycles. The summed E-state index contributed by atoms with van der Waals surface area (Å²) in [4.78, 5) is 0.152. The maximum atomic E-state index is 12.9. The van der Waals surface area contributed by atoms with Crippen molar-refractivity contribution in [1.82, 2.24) is 19.7 Å². The van der Waals surface area contributed by atoms with Gasteiger partial charge in [-0.05, 0) is 31.0 Å². The number of rotatable bonds is 5. The van der Waals surface area contributed by atoms with Crippen LogP contribution in [0.25, 0.3) is 11.0 Å². The number of aromatic nitrogens is 3. The number of hydrogen-bond donors (Lipinski definition) is 1. The third-order valence-electron chi connectivity index (χ3n) is 4.08. The second-order valence-electron chi connectivity index (χ2n) is 5.83. The molecule has 1 N–H and O–H groups in total. The van der Waals surface area contributed by atoms with Crippen LogP contribution in [0.4, 0.5) is 0 Å². The van der Waals surface area contributed by atoms with Crippen LogP contribution >= 0.6 is 0 Å². The number of nitrogens with one attached hydrogen (secondary N) is 1. The largest absolute Gasteiger partial charge is 0.248 e. The van der Waals surface area contributed by atoms with E-state index < -0.39 is 10.0 Å². The lowest BCUT2D eigenvalue weighted by atomic mass is 10.0. The molecule has 1 aromatic heterocycles. The van der Waals surface area contributed by atoms with Gasteiger partial charge >= 0.3 is 0 Å². The van der Waals surface area contributed by atoms with Crippen LogP contribution in [0.1, 0.15) is 30.5 Å². The van der Waals surface area contributed by atoms with Gasteiger partial charge in [0.25, 0.3) is 0 Å². The normalized spacial score (nSPS) is 13.3. The molecule has 7 heteroatoms. The molecule has 1 heterocycles. The smallest absolute Gasteiger partial charge is 0.243 e. The molecule has 0 radical (unpaired) electrons. The molecule has 1 unspecified atom stereocenters. The molecule has 6 nitrogen and oxygen atoms in total. The summed E-state index contributed by atoms with van der Waals surface area (Å²) < 4.78 is 30.1. The number of hydrogen-bond acceptors (Lipinski definition) is 4. The highest BCUT2D eigenvalue weighted by molar-refractivity contribution is 7.89. The zero-order valence-corrected chi connectivity index (χ0v) is 14.7. The van der Waals surface area contributed by atoms with Gasteiger partial charge in [0.15, 0.2) is 0 Å². The first-order chi connectivity index (χ1) is 11.4. The first-order valence-corrected chi connectivity index (χ1v) is 9.28. The van der Waals surface area contributed by atoms with E-state index in [1.54, 1.807) is 29.9 Å². The predicted molar refractivity (Wildman–Crippen MR) is 93.0 cm³/mol. The molecule has 24 heavy (non-hydrogen) atoms. The van der Waals surface area contributed by atoms with Gasteiger partial charge in [0.2, 0.25) is 10.0 Å². The average Bonchev–Trinajstić information content (AvgIpc) is 2.95. The molecule has 0 aliphatic heterocycles. The Morgan fingerprint density at radius 1 is 1.17 bits per heavy atom. The Morgan fingerprint density at radius 3 is 2.54 bits per heavy atom. The third-order valence-corrected chi connectivity index (χ3v) is 5.58. The highest BCUT2D eigenvalue weighted by Crippen LogP contribution is 2.24. The lowest BCUT2D eigenvalue weighted by Gasteiger charge is -2.18. The van der Waals surface area contributed by atoms with Crippen LogP contribution in [-0.4, -0.2) is 23.4 Å². The Bertz CT molecular complexity index is 962. The molecule has 3 rings (SSSR count). The molecular formula is C17H20N4O2S. The minimum absolute atomic E-state index is 0.152. The van der Waals surface area contributed by atoms with E-state index >= 15 is 0 Å². The monoisotopic (exact) mass is 344 g/mol. The number of nitrogens with zero attached hydrogens (tertiary/aromatic N) is 3. The van der Waals surface area contributed by atoms with Crippen molar-refractivity contribution in [1.29, 1.82) is 0 Å². The van der Waals surface area contributed by atoms with E-state index in [1.165, 1.54) is 0 Å². The summed E-state index contributed by atoms with van der Waals surface area (Å²) in [5.74, 6) is 0. The molecule has 0 saturated heterocycles. The Hall–Kier alpha value is -2.25. The van der Waals surface area contributed by atoms with Crippen LogP contribution in [-0.2, 0) is 17.1 Å². The molecular weight excluding hydrogens is 324 g/mol. The van der Waals surface area contributed by atoms with Gasteiger partial charge in [-0.25, -0.2) is 17.8 Å². The first-order valence-electron chi connectivity index (χ1n) is 7.79. The predicted octanol–water partition coefficient (Wildman–Crippen LogP) is 2.71. The highest BCUT2D eigenvalue weighted by Gasteiger charge is 2.24. The summed E-state index contributed by atoms with van der Waals surface area (Å²) in [6.45, 7) is 3.96. The van der Waals surface area contributed by atoms with Gasteiger partial charge in [-0.1, -0.05) is 48.0 Å². The van der Waals surface area contributed by atoms with Crippen molar-refractivity contribution in [3.63, 3.8) is 0 Å². The Kier molecular flexibility index (Phi) is 4.38. The summed E-state index contributed by atoms with van der Waals surface area (Å²) in [6, 6.07) is 12.6. The van der Waals surface area contributed by atoms with E-state index in [2.05, 4.69) is 15.0 Å². The maximum Gasteiger partial charge on any atom is 0.243 e. The van der Waals surface area contributed by atoms with Crippen molar-refractivity contribution < 1.29 is 8.42 Å². The van der Waals surface area contributed by atoms with Crippen LogP contribution in [0.5, 0.6) is 0 Å². The van der Waals surface area contributed by atoms with Gasteiger partial charge in [-0.3, -0.25) is 0 Å². The van der Waals surface area contributed by atoms with E-state index in [4.69, 9.17) is 0 Å². The van der Waals surface area contributed by atoms with Crippen LogP contribution in [0.15, 0.2) is 47.4 Å². The minimum atomic E-state index is -3.71. The summed E-state index contributed by atoms with van der Waals surface area (Å²) in [5, 5.41) is 7.91. The SMILES string of the molecule is CCC(NS(=O)(=O)c1cccc2c1nnn2C)c1ccc(C)cc1. The van der Waals surface area contributed by atoms with Gasteiger partial charge < -0.3 is 0 Å². The van der Waals surface area contributed by atoms with Gasteiger partial charge in [0, 0.05) is 13.1 Å². The van der Waals surface area contributed by atoms with Crippen molar-refractivity contribution in [3.8, 4) is 0 Å². The van der Waals surface area contributed by atoms with Gasteiger partial charge in [0.05, 0.1) is 5.52 Å². The molecule has 0 amide bonds. The van der Waals surface area contributed by atoms with Crippen LogP contribution < -0.4 is 4.72 Å². The lowest BCUT2D eigenvalue weighted by molar-refractivity contribution is 0.550.